The number of hydrogen-bond acceptors (Lipinski definition) is 4. The molecule has 0 fully saturated rings. The molecule has 0 bridgehead atoms. The van der Waals surface area contributed by atoms with E-state index in [0.29, 0.717) is 16.5 Å². The first-order valence-electron chi connectivity index (χ1n) is 7.83. The molecule has 2 aromatic carbocycles. The van der Waals surface area contributed by atoms with Gasteiger partial charge in [-0.25, -0.2) is 17.2 Å². The number of anilines is 2. The van der Waals surface area contributed by atoms with Crippen molar-refractivity contribution in [2.75, 3.05) is 10.0 Å². The highest BCUT2D eigenvalue weighted by Crippen LogP contribution is 2.20. The zero-order valence-electron chi connectivity index (χ0n) is 14.1. The van der Waals surface area contributed by atoms with Gasteiger partial charge in [0.25, 0.3) is 15.9 Å². The summed E-state index contributed by atoms with van der Waals surface area (Å²) in [5.41, 5.74) is 0.824. The molecule has 2 N–H and O–H groups in total. The number of benzene rings is 2. The minimum absolute atomic E-state index is 0.162. The molecule has 28 heavy (non-hydrogen) atoms. The predicted octanol–water partition coefficient (Wildman–Crippen LogP) is 2.65. The van der Waals surface area contributed by atoms with Gasteiger partial charge in [0.05, 0.1) is 10.5 Å². The van der Waals surface area contributed by atoms with Gasteiger partial charge >= 0.3 is 0 Å². The summed E-state index contributed by atoms with van der Waals surface area (Å²) >= 11 is 0. The number of amides is 1. The molecule has 0 radical (unpaired) electrons. The molecule has 0 saturated carbocycles. The van der Waals surface area contributed by atoms with Crippen molar-refractivity contribution in [1.82, 2.24) is 0 Å². The monoisotopic (exact) mass is 405 g/mol. The second-order valence-electron chi connectivity index (χ2n) is 5.66. The average Bonchev–Trinajstić information content (AvgIpc) is 2.65. The van der Waals surface area contributed by atoms with Crippen LogP contribution in [0.25, 0.3) is 0 Å². The summed E-state index contributed by atoms with van der Waals surface area (Å²) in [4.78, 5) is 11.7. The maximum atomic E-state index is 13.3. The van der Waals surface area contributed by atoms with Crippen LogP contribution >= 0.6 is 0 Å². The molecule has 0 spiro atoms. The zero-order chi connectivity index (χ0) is 20.3. The molecule has 0 unspecified atom stereocenters. The number of nitrogens with one attached hydrogen (secondary N) is 2. The van der Waals surface area contributed by atoms with E-state index in [4.69, 9.17) is 0 Å². The van der Waals surface area contributed by atoms with Crippen molar-refractivity contribution < 1.29 is 26.7 Å². The fourth-order valence-electron chi connectivity index (χ4n) is 2.25. The summed E-state index contributed by atoms with van der Waals surface area (Å²) in [6.07, 6.45) is 2.37. The lowest BCUT2D eigenvalue weighted by molar-refractivity contribution is -0.605. The van der Waals surface area contributed by atoms with Gasteiger partial charge in [-0.2, -0.15) is 4.73 Å². The largest absolute Gasteiger partial charge is 0.619 e. The quantitative estimate of drug-likeness (QED) is 0.503. The van der Waals surface area contributed by atoms with Crippen LogP contribution < -0.4 is 14.8 Å². The number of halogens is 2. The van der Waals surface area contributed by atoms with E-state index in [1.54, 1.807) is 0 Å². The number of aromatic nitrogens is 1. The van der Waals surface area contributed by atoms with Crippen LogP contribution in [0.2, 0.25) is 0 Å². The number of pyridine rings is 1. The van der Waals surface area contributed by atoms with Crippen molar-refractivity contribution in [1.29, 1.82) is 0 Å². The molecule has 0 aliphatic heterocycles. The van der Waals surface area contributed by atoms with Crippen molar-refractivity contribution in [2.45, 2.75) is 4.90 Å². The lowest BCUT2D eigenvalue weighted by atomic mass is 10.2. The van der Waals surface area contributed by atoms with Gasteiger partial charge in [-0.05, 0) is 42.5 Å². The van der Waals surface area contributed by atoms with Crippen LogP contribution in [0.4, 0.5) is 20.2 Å². The minimum atomic E-state index is -4.11. The Labute approximate surface area is 158 Å². The Bertz CT molecular complexity index is 1120. The first kappa shape index (κ1) is 19.2. The third kappa shape index (κ3) is 4.41. The van der Waals surface area contributed by atoms with Crippen molar-refractivity contribution in [3.05, 3.63) is 89.4 Å². The van der Waals surface area contributed by atoms with Gasteiger partial charge in [0.15, 0.2) is 24.0 Å². The van der Waals surface area contributed by atoms with Crippen LogP contribution in [-0.4, -0.2) is 14.3 Å². The van der Waals surface area contributed by atoms with Gasteiger partial charge in [0.1, 0.15) is 0 Å². The number of carbonyl (C=O) groups is 1. The summed E-state index contributed by atoms with van der Waals surface area (Å²) in [5.74, 6) is -2.87. The normalized spacial score (nSPS) is 11.1. The minimum Gasteiger partial charge on any atom is -0.619 e. The molecule has 3 rings (SSSR count). The highest BCUT2D eigenvalue weighted by molar-refractivity contribution is 7.92. The standard InChI is InChI=1S/C18H13F2N3O4S/c19-16-6-5-15(11-17(16)20)28(26,27)22-14-3-1-13(2-4-14)21-18(24)12-7-9-23(25)10-8-12/h1-11,22H,(H,21,24). The van der Waals surface area contributed by atoms with Crippen molar-refractivity contribution >= 4 is 27.3 Å². The fraction of sp³-hybridized carbons (Fsp3) is 0. The maximum absolute atomic E-state index is 13.3. The van der Waals surface area contributed by atoms with Gasteiger partial charge < -0.3 is 10.5 Å². The molecule has 0 aliphatic carbocycles. The molecule has 144 valence electrons. The van der Waals surface area contributed by atoms with Gasteiger partial charge in [-0.15, -0.1) is 0 Å². The van der Waals surface area contributed by atoms with E-state index in [2.05, 4.69) is 10.0 Å². The Hall–Kier alpha value is -3.53. The Balaban J connectivity index is 1.70. The Kier molecular flexibility index (Phi) is 5.23. The third-order valence-electron chi connectivity index (χ3n) is 3.66. The lowest BCUT2D eigenvalue weighted by Gasteiger charge is -2.10. The lowest BCUT2D eigenvalue weighted by Crippen LogP contribution is -2.25. The molecule has 1 heterocycles. The zero-order valence-corrected chi connectivity index (χ0v) is 14.9. The first-order chi connectivity index (χ1) is 13.2. The molecular weight excluding hydrogens is 392 g/mol. The first-order valence-corrected chi connectivity index (χ1v) is 9.31. The molecule has 7 nitrogen and oxygen atoms in total. The predicted molar refractivity (Wildman–Crippen MR) is 97.0 cm³/mol. The van der Waals surface area contributed by atoms with Gasteiger partial charge in [0.2, 0.25) is 0 Å². The van der Waals surface area contributed by atoms with E-state index in [-0.39, 0.29) is 11.3 Å². The van der Waals surface area contributed by atoms with Crippen LogP contribution in [0.1, 0.15) is 10.4 Å². The van der Waals surface area contributed by atoms with E-state index < -0.39 is 32.5 Å². The fourth-order valence-corrected chi connectivity index (χ4v) is 3.32. The highest BCUT2D eigenvalue weighted by atomic mass is 32.2. The number of rotatable bonds is 5. The smallest absolute Gasteiger partial charge is 0.261 e. The maximum Gasteiger partial charge on any atom is 0.261 e. The van der Waals surface area contributed by atoms with E-state index in [9.17, 15) is 27.2 Å². The van der Waals surface area contributed by atoms with E-state index >= 15 is 0 Å². The molecule has 10 heteroatoms. The molecule has 0 atom stereocenters. The topological polar surface area (TPSA) is 102 Å². The van der Waals surface area contributed by atoms with Crippen molar-refractivity contribution in [2.24, 2.45) is 0 Å². The van der Waals surface area contributed by atoms with E-state index in [1.807, 2.05) is 0 Å². The highest BCUT2D eigenvalue weighted by Gasteiger charge is 2.17. The summed E-state index contributed by atoms with van der Waals surface area (Å²) in [6.45, 7) is 0. The van der Waals surface area contributed by atoms with Crippen molar-refractivity contribution in [3.63, 3.8) is 0 Å². The Morgan fingerprint density at radius 1 is 0.893 bits per heavy atom. The van der Waals surface area contributed by atoms with E-state index in [1.165, 1.54) is 48.8 Å². The number of sulfonamides is 1. The average molecular weight is 405 g/mol. The second-order valence-corrected chi connectivity index (χ2v) is 7.34. The van der Waals surface area contributed by atoms with Crippen LogP contribution in [0.3, 0.4) is 0 Å². The summed E-state index contributed by atoms with van der Waals surface area (Å²) < 4.78 is 53.5. The van der Waals surface area contributed by atoms with Crippen LogP contribution in [0.15, 0.2) is 71.9 Å². The van der Waals surface area contributed by atoms with Crippen LogP contribution in [0.5, 0.6) is 0 Å². The molecule has 1 aromatic heterocycles. The number of carbonyl (C=O) groups excluding carboxylic acids is 1. The molecule has 3 aromatic rings. The van der Waals surface area contributed by atoms with E-state index in [0.717, 1.165) is 12.1 Å². The molecule has 0 saturated heterocycles. The van der Waals surface area contributed by atoms with Crippen molar-refractivity contribution in [3.8, 4) is 0 Å². The Morgan fingerprint density at radius 2 is 1.50 bits per heavy atom. The number of hydrogen-bond donors (Lipinski definition) is 2. The molecule has 1 amide bonds. The summed E-state index contributed by atoms with van der Waals surface area (Å²) in [5, 5.41) is 13.6. The second kappa shape index (κ2) is 7.61. The SMILES string of the molecule is O=C(Nc1ccc(NS(=O)(=O)c2ccc(F)c(F)c2)cc1)c1cc[n+]([O-])cc1. The van der Waals surface area contributed by atoms with Gasteiger partial charge in [-0.3, -0.25) is 9.52 Å². The number of nitrogens with zero attached hydrogens (tertiary/aromatic N) is 1. The summed E-state index contributed by atoms with van der Waals surface area (Å²) in [7, 11) is -4.11. The molecular formula is C18H13F2N3O4S. The van der Waals surface area contributed by atoms with Gasteiger partial charge in [-0.1, -0.05) is 0 Å². The Morgan fingerprint density at radius 3 is 2.11 bits per heavy atom. The third-order valence-corrected chi connectivity index (χ3v) is 5.04. The van der Waals surface area contributed by atoms with Gasteiger partial charge in [0, 0.05) is 23.5 Å². The van der Waals surface area contributed by atoms with Crippen LogP contribution in [-0.2, 0) is 10.0 Å². The van der Waals surface area contributed by atoms with Crippen LogP contribution in [0, 0.1) is 16.8 Å². The molecule has 0 aliphatic rings. The summed E-state index contributed by atoms with van der Waals surface area (Å²) in [6, 6.07) is 10.7.